The summed E-state index contributed by atoms with van der Waals surface area (Å²) in [4.78, 5) is 17.8. The second-order valence-electron chi connectivity index (χ2n) is 8.54. The van der Waals surface area contributed by atoms with E-state index in [0.29, 0.717) is 22.9 Å². The molecule has 37 heavy (non-hydrogen) atoms. The van der Waals surface area contributed by atoms with Crippen molar-refractivity contribution in [3.05, 3.63) is 124 Å². The lowest BCUT2D eigenvalue weighted by atomic mass is 10.1. The molecule has 0 amide bonds. The first-order chi connectivity index (χ1) is 17.8. The second kappa shape index (κ2) is 10.1. The molecule has 0 atom stereocenters. The van der Waals surface area contributed by atoms with Gasteiger partial charge < -0.3 is 5.32 Å². The van der Waals surface area contributed by atoms with Gasteiger partial charge in [-0.3, -0.25) is 9.36 Å². The Morgan fingerprint density at radius 3 is 2.27 bits per heavy atom. The Bertz CT molecular complexity index is 1620. The van der Waals surface area contributed by atoms with Crippen molar-refractivity contribution in [2.45, 2.75) is 23.9 Å². The van der Waals surface area contributed by atoms with E-state index in [4.69, 9.17) is 0 Å². The summed E-state index contributed by atoms with van der Waals surface area (Å²) >= 11 is 1.20. The zero-order chi connectivity index (χ0) is 26.0. The molecule has 0 saturated carbocycles. The van der Waals surface area contributed by atoms with E-state index in [1.165, 1.54) is 17.8 Å². The molecule has 186 valence electrons. The molecule has 1 N–H and O–H groups in total. The summed E-state index contributed by atoms with van der Waals surface area (Å²) in [6.07, 6.45) is -4.73. The van der Waals surface area contributed by atoms with E-state index in [0.717, 1.165) is 17.2 Å². The minimum atomic E-state index is -4.73. The fourth-order valence-electron chi connectivity index (χ4n) is 4.14. The normalized spacial score (nSPS) is 11.6. The van der Waals surface area contributed by atoms with Crippen molar-refractivity contribution >= 4 is 34.3 Å². The number of alkyl halides is 3. The Hall–Kier alpha value is -4.04. The number of hydrogen-bond donors (Lipinski definition) is 1. The van der Waals surface area contributed by atoms with Gasteiger partial charge in [0.25, 0.3) is 0 Å². The molecular formula is C29H22F3N3OS. The summed E-state index contributed by atoms with van der Waals surface area (Å²) in [5.41, 5.74) is 1.49. The number of benzene rings is 3. The average molecular weight is 518 g/mol. The molecule has 0 aliphatic heterocycles. The van der Waals surface area contributed by atoms with Crippen molar-refractivity contribution < 1.29 is 13.2 Å². The van der Waals surface area contributed by atoms with Crippen molar-refractivity contribution in [1.29, 1.82) is 0 Å². The number of para-hydroxylation sites is 2. The highest BCUT2D eigenvalue weighted by Gasteiger charge is 2.35. The Kier molecular flexibility index (Phi) is 6.76. The largest absolute Gasteiger partial charge is 0.417 e. The van der Waals surface area contributed by atoms with Gasteiger partial charge in [-0.25, -0.2) is 4.98 Å². The van der Waals surface area contributed by atoms with Crippen LogP contribution in [0, 0.1) is 6.92 Å². The molecule has 2 heterocycles. The fourth-order valence-corrected chi connectivity index (χ4v) is 4.99. The van der Waals surface area contributed by atoms with Crippen LogP contribution >= 0.6 is 11.8 Å². The minimum Gasteiger partial charge on any atom is -0.341 e. The number of halogens is 3. The van der Waals surface area contributed by atoms with E-state index in [1.807, 2.05) is 67.6 Å². The number of nitrogens with one attached hydrogen (secondary N) is 1. The maximum absolute atomic E-state index is 14.3. The number of hydrogen-bond acceptors (Lipinski definition) is 4. The fraction of sp³-hybridized carbons (Fsp3) is 0.103. The summed E-state index contributed by atoms with van der Waals surface area (Å²) in [6, 6.07) is 28.0. The maximum Gasteiger partial charge on any atom is 0.417 e. The number of aromatic nitrogens is 2. The highest BCUT2D eigenvalue weighted by atomic mass is 32.2. The van der Waals surface area contributed by atoms with Crippen molar-refractivity contribution in [3.8, 4) is 5.69 Å². The lowest BCUT2D eigenvalue weighted by Crippen LogP contribution is -2.18. The third kappa shape index (κ3) is 5.39. The quantitative estimate of drug-likeness (QED) is 0.234. The van der Waals surface area contributed by atoms with E-state index < -0.39 is 22.6 Å². The van der Waals surface area contributed by atoms with Crippen molar-refractivity contribution in [3.63, 3.8) is 0 Å². The minimum absolute atomic E-state index is 0.0568. The van der Waals surface area contributed by atoms with Crippen LogP contribution in [0.15, 0.2) is 107 Å². The smallest absolute Gasteiger partial charge is 0.341 e. The average Bonchev–Trinajstić information content (AvgIpc) is 2.88. The van der Waals surface area contributed by atoms with Crippen LogP contribution in [0.3, 0.4) is 0 Å². The predicted molar refractivity (Wildman–Crippen MR) is 143 cm³/mol. The Morgan fingerprint density at radius 1 is 0.892 bits per heavy atom. The highest BCUT2D eigenvalue weighted by molar-refractivity contribution is 7.98. The number of nitrogens with zero attached hydrogens (tertiary/aromatic N) is 2. The standard InChI is InChI=1S/C29H22F3N3OS/c1-19-9-8-10-20(15-19)18-37-26-16-23(29(30,31)32)27-24(36)17-25(33-21-11-4-2-5-12-21)35(28(27)34-26)22-13-6-3-7-14-22/h2-17,33H,18H2,1H3. The summed E-state index contributed by atoms with van der Waals surface area (Å²) < 4.78 is 44.4. The Morgan fingerprint density at radius 2 is 1.59 bits per heavy atom. The molecule has 8 heteroatoms. The van der Waals surface area contributed by atoms with Gasteiger partial charge in [-0.15, -0.1) is 11.8 Å². The molecular weight excluding hydrogens is 495 g/mol. The summed E-state index contributed by atoms with van der Waals surface area (Å²) in [5, 5.41) is 2.90. The van der Waals surface area contributed by atoms with Gasteiger partial charge in [-0.05, 0) is 42.8 Å². The van der Waals surface area contributed by atoms with Crippen LogP contribution in [-0.2, 0) is 11.9 Å². The first-order valence-electron chi connectivity index (χ1n) is 11.5. The highest BCUT2D eigenvalue weighted by Crippen LogP contribution is 2.37. The van der Waals surface area contributed by atoms with Crippen LogP contribution in [0.4, 0.5) is 24.7 Å². The summed E-state index contributed by atoms with van der Waals surface area (Å²) in [6.45, 7) is 1.96. The first kappa shape index (κ1) is 24.6. The van der Waals surface area contributed by atoms with Crippen molar-refractivity contribution in [2.75, 3.05) is 5.32 Å². The number of anilines is 2. The SMILES string of the molecule is Cc1cccc(CSc2cc(C(F)(F)F)c3c(=O)cc(Nc4ccccc4)n(-c4ccccc4)c3n2)c1. The van der Waals surface area contributed by atoms with E-state index in [2.05, 4.69) is 10.3 Å². The molecule has 5 aromatic rings. The molecule has 0 radical (unpaired) electrons. The Balaban J connectivity index is 1.74. The molecule has 0 saturated heterocycles. The molecule has 0 unspecified atom stereocenters. The van der Waals surface area contributed by atoms with Gasteiger partial charge in [-0.1, -0.05) is 66.2 Å². The number of pyridine rings is 2. The van der Waals surface area contributed by atoms with Crippen LogP contribution in [0.5, 0.6) is 0 Å². The zero-order valence-corrected chi connectivity index (χ0v) is 20.6. The van der Waals surface area contributed by atoms with Gasteiger partial charge in [-0.2, -0.15) is 13.2 Å². The van der Waals surface area contributed by atoms with Gasteiger partial charge in [0.15, 0.2) is 11.1 Å². The van der Waals surface area contributed by atoms with Gasteiger partial charge in [0.05, 0.1) is 16.0 Å². The lowest BCUT2D eigenvalue weighted by Gasteiger charge is -2.20. The predicted octanol–water partition coefficient (Wildman–Crippen LogP) is 7.75. The lowest BCUT2D eigenvalue weighted by molar-refractivity contribution is -0.136. The van der Waals surface area contributed by atoms with E-state index in [1.54, 1.807) is 28.8 Å². The molecule has 4 nitrogen and oxygen atoms in total. The molecule has 0 spiro atoms. The van der Waals surface area contributed by atoms with Gasteiger partial charge in [0.1, 0.15) is 5.82 Å². The molecule has 5 rings (SSSR count). The van der Waals surface area contributed by atoms with Crippen molar-refractivity contribution in [2.24, 2.45) is 0 Å². The van der Waals surface area contributed by atoms with Gasteiger partial charge >= 0.3 is 6.18 Å². The van der Waals surface area contributed by atoms with Gasteiger partial charge in [0, 0.05) is 23.2 Å². The van der Waals surface area contributed by atoms with E-state index in [9.17, 15) is 18.0 Å². The zero-order valence-electron chi connectivity index (χ0n) is 19.8. The summed E-state index contributed by atoms with van der Waals surface area (Å²) in [7, 11) is 0. The van der Waals surface area contributed by atoms with Crippen LogP contribution in [-0.4, -0.2) is 9.55 Å². The van der Waals surface area contributed by atoms with Gasteiger partial charge in [0.2, 0.25) is 0 Å². The molecule has 0 aliphatic carbocycles. The maximum atomic E-state index is 14.3. The van der Waals surface area contributed by atoms with E-state index in [-0.39, 0.29) is 10.7 Å². The topological polar surface area (TPSA) is 46.9 Å². The van der Waals surface area contributed by atoms with Crippen LogP contribution in [0.1, 0.15) is 16.7 Å². The molecule has 0 fully saturated rings. The number of aryl methyl sites for hydroxylation is 1. The van der Waals surface area contributed by atoms with Crippen LogP contribution < -0.4 is 10.7 Å². The van der Waals surface area contributed by atoms with Crippen molar-refractivity contribution in [1.82, 2.24) is 9.55 Å². The molecule has 2 aromatic heterocycles. The first-order valence-corrected chi connectivity index (χ1v) is 12.5. The second-order valence-corrected chi connectivity index (χ2v) is 9.53. The molecule has 0 bridgehead atoms. The third-order valence-electron chi connectivity index (χ3n) is 5.78. The summed E-state index contributed by atoms with van der Waals surface area (Å²) in [5.74, 6) is 0.756. The van der Waals surface area contributed by atoms with Crippen LogP contribution in [0.25, 0.3) is 16.7 Å². The Labute approximate surface area is 215 Å². The monoisotopic (exact) mass is 517 g/mol. The van der Waals surface area contributed by atoms with Crippen LogP contribution in [0.2, 0.25) is 0 Å². The molecule has 3 aromatic carbocycles. The third-order valence-corrected chi connectivity index (χ3v) is 6.76. The number of rotatable bonds is 6. The van der Waals surface area contributed by atoms with E-state index >= 15 is 0 Å². The number of thioether (sulfide) groups is 1. The molecule has 0 aliphatic rings. The number of fused-ring (bicyclic) bond motifs is 1.